The SMILES string of the molecule is Cc1ccc(C#Cc2ncn3c2Cc2cnnn2-c2cc(C(F)(F)F)ccc2-3)cc1. The molecule has 3 heterocycles. The minimum atomic E-state index is -4.45. The van der Waals surface area contributed by atoms with Gasteiger partial charge in [0.05, 0.1) is 34.5 Å². The van der Waals surface area contributed by atoms with Gasteiger partial charge in [-0.15, -0.1) is 5.10 Å². The number of benzene rings is 2. The molecule has 0 bridgehead atoms. The minimum absolute atomic E-state index is 0.298. The van der Waals surface area contributed by atoms with Gasteiger partial charge in [0.25, 0.3) is 0 Å². The molecule has 0 unspecified atom stereocenters. The van der Waals surface area contributed by atoms with Crippen molar-refractivity contribution in [1.82, 2.24) is 24.5 Å². The zero-order valence-electron chi connectivity index (χ0n) is 15.8. The second-order valence-corrected chi connectivity index (χ2v) is 7.04. The van der Waals surface area contributed by atoms with E-state index in [1.165, 1.54) is 10.7 Å². The average molecular weight is 405 g/mol. The van der Waals surface area contributed by atoms with Gasteiger partial charge in [-0.25, -0.2) is 9.67 Å². The van der Waals surface area contributed by atoms with Crippen LogP contribution in [0.15, 0.2) is 55.0 Å². The molecule has 2 aromatic heterocycles. The molecule has 0 amide bonds. The van der Waals surface area contributed by atoms with Crippen molar-refractivity contribution in [3.63, 3.8) is 0 Å². The molecule has 0 saturated heterocycles. The maximum atomic E-state index is 13.3. The van der Waals surface area contributed by atoms with Gasteiger partial charge in [0, 0.05) is 12.0 Å². The number of fused-ring (bicyclic) bond motifs is 5. The highest BCUT2D eigenvalue weighted by Crippen LogP contribution is 2.35. The van der Waals surface area contributed by atoms with E-state index in [0.29, 0.717) is 29.2 Å². The van der Waals surface area contributed by atoms with E-state index in [4.69, 9.17) is 0 Å². The van der Waals surface area contributed by atoms with Crippen LogP contribution in [0.5, 0.6) is 0 Å². The number of hydrogen-bond acceptors (Lipinski definition) is 3. The molecule has 5 nitrogen and oxygen atoms in total. The highest BCUT2D eigenvalue weighted by molar-refractivity contribution is 5.59. The molecule has 30 heavy (non-hydrogen) atoms. The van der Waals surface area contributed by atoms with Crippen LogP contribution in [-0.4, -0.2) is 24.5 Å². The molecule has 0 aliphatic carbocycles. The molecule has 0 saturated carbocycles. The Morgan fingerprint density at radius 3 is 2.57 bits per heavy atom. The fraction of sp³-hybridized carbons (Fsp3) is 0.136. The third-order valence-corrected chi connectivity index (χ3v) is 5.00. The third kappa shape index (κ3) is 3.05. The molecule has 1 aliphatic heterocycles. The molecule has 8 heteroatoms. The topological polar surface area (TPSA) is 48.5 Å². The Hall–Kier alpha value is -3.86. The van der Waals surface area contributed by atoms with Gasteiger partial charge in [0.2, 0.25) is 0 Å². The summed E-state index contributed by atoms with van der Waals surface area (Å²) in [5, 5.41) is 7.90. The fourth-order valence-electron chi connectivity index (χ4n) is 3.45. The van der Waals surface area contributed by atoms with Crippen molar-refractivity contribution < 1.29 is 13.2 Å². The Morgan fingerprint density at radius 1 is 1.00 bits per heavy atom. The molecule has 0 atom stereocenters. The summed E-state index contributed by atoms with van der Waals surface area (Å²) in [6.07, 6.45) is -0.935. The Bertz CT molecular complexity index is 1320. The maximum Gasteiger partial charge on any atom is 0.416 e. The van der Waals surface area contributed by atoms with Gasteiger partial charge in [-0.1, -0.05) is 28.8 Å². The van der Waals surface area contributed by atoms with Gasteiger partial charge in [-0.2, -0.15) is 13.2 Å². The number of hydrogen-bond donors (Lipinski definition) is 0. The quantitative estimate of drug-likeness (QED) is 0.365. The van der Waals surface area contributed by atoms with E-state index >= 15 is 0 Å². The van der Waals surface area contributed by atoms with Gasteiger partial charge >= 0.3 is 6.18 Å². The zero-order chi connectivity index (χ0) is 20.9. The van der Waals surface area contributed by atoms with Crippen molar-refractivity contribution in [3.8, 4) is 23.2 Å². The summed E-state index contributed by atoms with van der Waals surface area (Å²) in [6.45, 7) is 2.01. The number of nitrogens with zero attached hydrogens (tertiary/aromatic N) is 5. The number of alkyl halides is 3. The number of halogens is 3. The van der Waals surface area contributed by atoms with Crippen LogP contribution in [0.2, 0.25) is 0 Å². The second-order valence-electron chi connectivity index (χ2n) is 7.04. The predicted octanol–water partition coefficient (Wildman–Crippen LogP) is 4.08. The lowest BCUT2D eigenvalue weighted by Crippen LogP contribution is -2.09. The standard InChI is InChI=1S/C22H14F3N5/c1-14-2-4-15(5-3-14)6-8-18-20-11-17-12-27-28-30(17)21-10-16(22(23,24)25)7-9-19(21)29(20)13-26-18/h2-5,7,9-10,12-13H,11H2,1H3. The molecule has 0 spiro atoms. The second kappa shape index (κ2) is 6.59. The molecule has 148 valence electrons. The Labute approximate surface area is 169 Å². The Balaban J connectivity index is 1.65. The minimum Gasteiger partial charge on any atom is -0.299 e. The number of aromatic nitrogens is 5. The van der Waals surface area contributed by atoms with Crippen LogP contribution in [0.4, 0.5) is 13.2 Å². The molecule has 0 N–H and O–H groups in total. The highest BCUT2D eigenvalue weighted by Gasteiger charge is 2.32. The first-order chi connectivity index (χ1) is 14.4. The van der Waals surface area contributed by atoms with Crippen molar-refractivity contribution in [1.29, 1.82) is 0 Å². The molecular formula is C22H14F3N5. The molecule has 5 rings (SSSR count). The van der Waals surface area contributed by atoms with Crippen LogP contribution in [0, 0.1) is 18.8 Å². The maximum absolute atomic E-state index is 13.3. The zero-order valence-corrected chi connectivity index (χ0v) is 15.8. The average Bonchev–Trinajstić information content (AvgIpc) is 3.31. The van der Waals surface area contributed by atoms with E-state index in [1.54, 1.807) is 17.1 Å². The number of aryl methyl sites for hydroxylation is 1. The third-order valence-electron chi connectivity index (χ3n) is 5.00. The molecule has 2 aromatic carbocycles. The summed E-state index contributed by atoms with van der Waals surface area (Å²) in [6, 6.07) is 11.4. The largest absolute Gasteiger partial charge is 0.416 e. The van der Waals surface area contributed by atoms with Crippen LogP contribution >= 0.6 is 0 Å². The lowest BCUT2D eigenvalue weighted by molar-refractivity contribution is -0.137. The molecule has 4 aromatic rings. The highest BCUT2D eigenvalue weighted by atomic mass is 19.4. The summed E-state index contributed by atoms with van der Waals surface area (Å²) < 4.78 is 43.0. The van der Waals surface area contributed by atoms with E-state index < -0.39 is 11.7 Å². The summed E-state index contributed by atoms with van der Waals surface area (Å²) in [5.74, 6) is 6.20. The summed E-state index contributed by atoms with van der Waals surface area (Å²) in [4.78, 5) is 4.42. The lowest BCUT2D eigenvalue weighted by Gasteiger charge is -2.13. The van der Waals surface area contributed by atoms with Crippen molar-refractivity contribution >= 4 is 0 Å². The van der Waals surface area contributed by atoms with E-state index in [0.717, 1.165) is 29.0 Å². The lowest BCUT2D eigenvalue weighted by atomic mass is 10.1. The van der Waals surface area contributed by atoms with E-state index in [-0.39, 0.29) is 0 Å². The summed E-state index contributed by atoms with van der Waals surface area (Å²) in [7, 11) is 0. The van der Waals surface area contributed by atoms with E-state index in [1.807, 2.05) is 31.2 Å². The normalized spacial score (nSPS) is 12.3. The molecular weight excluding hydrogens is 391 g/mol. The van der Waals surface area contributed by atoms with Crippen molar-refractivity contribution in [2.24, 2.45) is 0 Å². The molecule has 0 fully saturated rings. The molecule has 1 aliphatic rings. The van der Waals surface area contributed by atoms with Gasteiger partial charge in [-0.05, 0) is 43.2 Å². The van der Waals surface area contributed by atoms with Crippen molar-refractivity contribution in [2.45, 2.75) is 19.5 Å². The Kier molecular flexibility index (Phi) is 4.00. The van der Waals surface area contributed by atoms with Crippen LogP contribution in [0.1, 0.15) is 33.8 Å². The fourth-order valence-corrected chi connectivity index (χ4v) is 3.45. The van der Waals surface area contributed by atoms with Crippen LogP contribution in [0.25, 0.3) is 11.4 Å². The Morgan fingerprint density at radius 2 is 1.80 bits per heavy atom. The molecule has 0 radical (unpaired) electrons. The number of rotatable bonds is 0. The van der Waals surface area contributed by atoms with Crippen LogP contribution in [-0.2, 0) is 12.6 Å². The summed E-state index contributed by atoms with van der Waals surface area (Å²) >= 11 is 0. The first-order valence-electron chi connectivity index (χ1n) is 9.16. The predicted molar refractivity (Wildman–Crippen MR) is 103 cm³/mol. The smallest absolute Gasteiger partial charge is 0.299 e. The van der Waals surface area contributed by atoms with E-state index in [9.17, 15) is 13.2 Å². The number of imidazole rings is 1. The van der Waals surface area contributed by atoms with Gasteiger partial charge in [0.1, 0.15) is 12.0 Å². The first kappa shape index (κ1) is 18.2. The summed E-state index contributed by atoms with van der Waals surface area (Å²) in [5.41, 5.74) is 4.10. The van der Waals surface area contributed by atoms with Crippen molar-refractivity contribution in [3.05, 3.63) is 88.8 Å². The van der Waals surface area contributed by atoms with Gasteiger partial charge < -0.3 is 0 Å². The first-order valence-corrected chi connectivity index (χ1v) is 9.16. The van der Waals surface area contributed by atoms with E-state index in [2.05, 4.69) is 27.1 Å². The van der Waals surface area contributed by atoms with Gasteiger partial charge in [0.15, 0.2) is 0 Å². The van der Waals surface area contributed by atoms with Crippen LogP contribution < -0.4 is 0 Å². The van der Waals surface area contributed by atoms with Crippen molar-refractivity contribution in [2.75, 3.05) is 0 Å². The monoisotopic (exact) mass is 405 g/mol. The van der Waals surface area contributed by atoms with Crippen LogP contribution in [0.3, 0.4) is 0 Å². The van der Waals surface area contributed by atoms with Gasteiger partial charge in [-0.3, -0.25) is 4.57 Å².